The maximum atomic E-state index is 6.57. The molecule has 1 N–H and O–H groups in total. The summed E-state index contributed by atoms with van der Waals surface area (Å²) < 4.78 is 11.5. The Kier molecular flexibility index (Phi) is 6.93. The molecule has 0 spiro atoms. The summed E-state index contributed by atoms with van der Waals surface area (Å²) in [6.07, 6.45) is 3.26. The highest BCUT2D eigenvalue weighted by Crippen LogP contribution is 2.39. The highest BCUT2D eigenvalue weighted by molar-refractivity contribution is 6.31. The summed E-state index contributed by atoms with van der Waals surface area (Å²) in [6, 6.07) is 17.5. The molecule has 0 saturated carbocycles. The van der Waals surface area contributed by atoms with Gasteiger partial charge >= 0.3 is 0 Å². The molecule has 0 bridgehead atoms. The van der Waals surface area contributed by atoms with Crippen LogP contribution in [0.5, 0.6) is 17.2 Å². The van der Waals surface area contributed by atoms with E-state index in [1.54, 1.807) is 37.7 Å². The third kappa shape index (κ3) is 5.43. The van der Waals surface area contributed by atoms with Crippen LogP contribution in [0, 0.1) is 0 Å². The van der Waals surface area contributed by atoms with Crippen LogP contribution in [0.3, 0.4) is 0 Å². The Bertz CT molecular complexity index is 1260. The second kappa shape index (κ2) is 10.1. The number of nitrogens with one attached hydrogen (secondary N) is 1. The van der Waals surface area contributed by atoms with Gasteiger partial charge in [-0.05, 0) is 34.7 Å². The first kappa shape index (κ1) is 23.4. The fraction of sp³-hybridized carbons (Fsp3) is 0.231. The molecule has 7 nitrogen and oxygen atoms in total. The number of ether oxygens (including phenoxy) is 2. The van der Waals surface area contributed by atoms with Crippen molar-refractivity contribution in [1.29, 1.82) is 0 Å². The van der Waals surface area contributed by atoms with Crippen LogP contribution >= 0.6 is 11.6 Å². The molecule has 0 aliphatic heterocycles. The van der Waals surface area contributed by atoms with Crippen molar-refractivity contribution in [3.8, 4) is 28.9 Å². The molecule has 0 saturated heterocycles. The molecule has 0 amide bonds. The van der Waals surface area contributed by atoms with Crippen LogP contribution in [0.25, 0.3) is 11.6 Å². The number of benzene rings is 2. The van der Waals surface area contributed by atoms with Crippen molar-refractivity contribution < 1.29 is 9.47 Å². The molecular weight excluding hydrogens is 450 g/mol. The second-order valence-corrected chi connectivity index (χ2v) is 9.00. The number of rotatable bonds is 7. The summed E-state index contributed by atoms with van der Waals surface area (Å²) in [4.78, 5) is 17.5. The van der Waals surface area contributed by atoms with Gasteiger partial charge in [-0.25, -0.2) is 19.9 Å². The van der Waals surface area contributed by atoms with Crippen molar-refractivity contribution in [2.24, 2.45) is 0 Å². The van der Waals surface area contributed by atoms with Crippen LogP contribution in [-0.2, 0) is 12.0 Å². The van der Waals surface area contributed by atoms with Crippen LogP contribution in [0.1, 0.15) is 31.9 Å². The van der Waals surface area contributed by atoms with Gasteiger partial charge in [0.15, 0.2) is 28.3 Å². The number of para-hydroxylation sites is 2. The Labute approximate surface area is 204 Å². The molecule has 4 rings (SSSR count). The quantitative estimate of drug-likeness (QED) is 0.314. The minimum Gasteiger partial charge on any atom is -0.493 e. The van der Waals surface area contributed by atoms with Crippen molar-refractivity contribution in [2.75, 3.05) is 12.4 Å². The van der Waals surface area contributed by atoms with Gasteiger partial charge in [0.1, 0.15) is 0 Å². The summed E-state index contributed by atoms with van der Waals surface area (Å²) in [6.45, 7) is 7.09. The Morgan fingerprint density at radius 3 is 2.18 bits per heavy atom. The number of aromatic nitrogens is 4. The third-order valence-electron chi connectivity index (χ3n) is 5.15. The van der Waals surface area contributed by atoms with Crippen molar-refractivity contribution in [3.05, 3.63) is 83.3 Å². The molecule has 174 valence electrons. The van der Waals surface area contributed by atoms with Crippen LogP contribution < -0.4 is 14.8 Å². The van der Waals surface area contributed by atoms with Crippen molar-refractivity contribution in [1.82, 2.24) is 19.9 Å². The predicted molar refractivity (Wildman–Crippen MR) is 134 cm³/mol. The standard InChI is InChI=1S/C26H26ClN5O2/c1-26(2,3)18-12-10-17(11-13-18)16-30-23-21(34-20-9-6-5-8-19(20)33-4)22(27)31-25(32-23)24-28-14-7-15-29-24/h5-15H,16H2,1-4H3,(H,30,31,32). The average molecular weight is 476 g/mol. The van der Waals surface area contributed by atoms with Crippen LogP contribution in [-0.4, -0.2) is 27.0 Å². The monoisotopic (exact) mass is 475 g/mol. The zero-order valence-corrected chi connectivity index (χ0v) is 20.3. The van der Waals surface area contributed by atoms with Crippen LogP contribution in [0.2, 0.25) is 5.15 Å². The number of anilines is 1. The number of nitrogens with zero attached hydrogens (tertiary/aromatic N) is 4. The Morgan fingerprint density at radius 1 is 0.853 bits per heavy atom. The van der Waals surface area contributed by atoms with Gasteiger partial charge in [-0.1, -0.05) is 68.8 Å². The first-order chi connectivity index (χ1) is 16.3. The third-order valence-corrected chi connectivity index (χ3v) is 5.41. The van der Waals surface area contributed by atoms with Crippen molar-refractivity contribution >= 4 is 17.4 Å². The summed E-state index contributed by atoms with van der Waals surface area (Å²) in [5.41, 5.74) is 2.44. The second-order valence-electron chi connectivity index (χ2n) is 8.64. The number of methoxy groups -OCH3 is 1. The fourth-order valence-corrected chi connectivity index (χ4v) is 3.48. The van der Waals surface area contributed by atoms with E-state index >= 15 is 0 Å². The summed E-state index contributed by atoms with van der Waals surface area (Å²) in [5.74, 6) is 2.44. The fourth-order valence-electron chi connectivity index (χ4n) is 3.27. The van der Waals surface area contributed by atoms with Gasteiger partial charge in [0.05, 0.1) is 7.11 Å². The smallest absolute Gasteiger partial charge is 0.207 e. The van der Waals surface area contributed by atoms with Gasteiger partial charge in [0.2, 0.25) is 11.6 Å². The van der Waals surface area contributed by atoms with Gasteiger partial charge in [0, 0.05) is 18.9 Å². The number of halogens is 1. The molecule has 2 aromatic carbocycles. The molecule has 2 aromatic heterocycles. The maximum absolute atomic E-state index is 6.57. The largest absolute Gasteiger partial charge is 0.493 e. The lowest BCUT2D eigenvalue weighted by Crippen LogP contribution is -2.11. The highest BCUT2D eigenvalue weighted by atomic mass is 35.5. The zero-order valence-electron chi connectivity index (χ0n) is 19.5. The molecule has 0 aliphatic rings. The van der Waals surface area contributed by atoms with E-state index in [2.05, 4.69) is 70.3 Å². The van der Waals surface area contributed by atoms with E-state index in [-0.39, 0.29) is 16.3 Å². The molecule has 0 radical (unpaired) electrons. The summed E-state index contributed by atoms with van der Waals surface area (Å²) in [7, 11) is 1.58. The minimum atomic E-state index is 0.0898. The van der Waals surface area contributed by atoms with Crippen molar-refractivity contribution in [3.63, 3.8) is 0 Å². The van der Waals surface area contributed by atoms with E-state index in [0.29, 0.717) is 35.5 Å². The summed E-state index contributed by atoms with van der Waals surface area (Å²) >= 11 is 6.57. The van der Waals surface area contributed by atoms with Gasteiger partial charge in [-0.15, -0.1) is 0 Å². The SMILES string of the molecule is COc1ccccc1Oc1c(Cl)nc(-c2ncccn2)nc1NCc1ccc(C(C)(C)C)cc1. The van der Waals surface area contributed by atoms with E-state index in [0.717, 1.165) is 5.56 Å². The van der Waals surface area contributed by atoms with Gasteiger partial charge in [-0.3, -0.25) is 0 Å². The minimum absolute atomic E-state index is 0.0898. The van der Waals surface area contributed by atoms with Gasteiger partial charge < -0.3 is 14.8 Å². The van der Waals surface area contributed by atoms with E-state index in [1.807, 2.05) is 12.1 Å². The lowest BCUT2D eigenvalue weighted by Gasteiger charge is -2.19. The molecule has 0 aliphatic carbocycles. The Hall–Kier alpha value is -3.71. The average Bonchev–Trinajstić information content (AvgIpc) is 2.84. The molecule has 0 atom stereocenters. The van der Waals surface area contributed by atoms with E-state index in [4.69, 9.17) is 21.1 Å². The molecular formula is C26H26ClN5O2. The molecule has 4 aromatic rings. The Morgan fingerprint density at radius 2 is 1.53 bits per heavy atom. The Balaban J connectivity index is 1.68. The van der Waals surface area contributed by atoms with Gasteiger partial charge in [0.25, 0.3) is 0 Å². The molecule has 8 heteroatoms. The van der Waals surface area contributed by atoms with Crippen molar-refractivity contribution in [2.45, 2.75) is 32.7 Å². The lowest BCUT2D eigenvalue weighted by molar-refractivity contribution is 0.378. The zero-order chi connectivity index (χ0) is 24.1. The summed E-state index contributed by atoms with van der Waals surface area (Å²) in [5, 5.41) is 3.47. The molecule has 0 fully saturated rings. The normalized spacial score (nSPS) is 11.2. The molecule has 2 heterocycles. The number of hydrogen-bond acceptors (Lipinski definition) is 7. The first-order valence-corrected chi connectivity index (χ1v) is 11.2. The van der Waals surface area contributed by atoms with E-state index in [1.165, 1.54) is 5.56 Å². The highest BCUT2D eigenvalue weighted by Gasteiger charge is 2.19. The maximum Gasteiger partial charge on any atom is 0.207 e. The first-order valence-electron chi connectivity index (χ1n) is 10.8. The van der Waals surface area contributed by atoms with Crippen LogP contribution in [0.4, 0.5) is 5.82 Å². The number of hydrogen-bond donors (Lipinski definition) is 1. The van der Waals surface area contributed by atoms with E-state index in [9.17, 15) is 0 Å². The lowest BCUT2D eigenvalue weighted by atomic mass is 9.87. The predicted octanol–water partition coefficient (Wildman–Crippen LogP) is 6.30. The topological polar surface area (TPSA) is 82.1 Å². The van der Waals surface area contributed by atoms with Gasteiger partial charge in [-0.2, -0.15) is 0 Å². The molecule has 34 heavy (non-hydrogen) atoms. The van der Waals surface area contributed by atoms with Crippen LogP contribution in [0.15, 0.2) is 67.0 Å². The van der Waals surface area contributed by atoms with E-state index < -0.39 is 0 Å². The molecule has 0 unspecified atom stereocenters.